The van der Waals surface area contributed by atoms with Gasteiger partial charge >= 0.3 is 0 Å². The third-order valence-electron chi connectivity index (χ3n) is 8.61. The average molecular weight is 362 g/mol. The zero-order valence-electron chi connectivity index (χ0n) is 15.9. The monoisotopic (exact) mass is 362 g/mol. The molecule has 3 saturated carbocycles. The molecule has 0 spiro atoms. The predicted octanol–water partition coefficient (Wildman–Crippen LogP) is 1.78. The van der Waals surface area contributed by atoms with Gasteiger partial charge in [0.25, 0.3) is 0 Å². The standard InChI is InChI=1S/C21H30O5/c1-11(22)12-5-7-21(26)14-8-16(23)15-9-17(24)18(25)10-19(15,2)13(14)4-6-20(12,21)3/h8,12-13,15,17-18,24-26H,4-7,9-10H2,1-3H3/t12-,13-,15-,17-,18+,19+,20-,21+/m0/s1. The molecule has 4 aliphatic rings. The van der Waals surface area contributed by atoms with Crippen molar-refractivity contribution in [3.63, 3.8) is 0 Å². The number of ketones is 2. The summed E-state index contributed by atoms with van der Waals surface area (Å²) in [6.07, 6.45) is 3.29. The SMILES string of the molecule is CC(=O)[C@@H]1CC[C@@]2(O)C3=CC(=O)[C@@H]4C[C@H](O)[C@H](O)C[C@]4(C)[C@H]3CC[C@@]12C. The van der Waals surface area contributed by atoms with E-state index in [1.165, 1.54) is 0 Å². The fraction of sp³-hybridized carbons (Fsp3) is 0.810. The van der Waals surface area contributed by atoms with Crippen LogP contribution in [-0.4, -0.2) is 44.7 Å². The molecule has 26 heavy (non-hydrogen) atoms. The molecule has 0 aromatic heterocycles. The largest absolute Gasteiger partial charge is 0.390 e. The summed E-state index contributed by atoms with van der Waals surface area (Å²) in [6, 6.07) is 0. The van der Waals surface area contributed by atoms with E-state index in [2.05, 4.69) is 0 Å². The Morgan fingerprint density at radius 1 is 1.12 bits per heavy atom. The Morgan fingerprint density at radius 2 is 1.81 bits per heavy atom. The van der Waals surface area contributed by atoms with Crippen molar-refractivity contribution in [2.45, 2.75) is 77.1 Å². The lowest BCUT2D eigenvalue weighted by atomic mass is 9.46. The first-order valence-corrected chi connectivity index (χ1v) is 9.89. The third kappa shape index (κ3) is 2.08. The second-order valence-electron chi connectivity index (χ2n) is 9.71. The first-order chi connectivity index (χ1) is 12.0. The molecule has 3 fully saturated rings. The fourth-order valence-corrected chi connectivity index (χ4v) is 7.02. The van der Waals surface area contributed by atoms with Crippen molar-refractivity contribution in [2.24, 2.45) is 28.6 Å². The number of carbonyl (C=O) groups excluding carboxylic acids is 2. The van der Waals surface area contributed by atoms with E-state index in [9.17, 15) is 24.9 Å². The molecule has 0 aromatic rings. The van der Waals surface area contributed by atoms with E-state index in [0.29, 0.717) is 19.3 Å². The van der Waals surface area contributed by atoms with Gasteiger partial charge in [0.05, 0.1) is 17.8 Å². The van der Waals surface area contributed by atoms with Crippen LogP contribution in [-0.2, 0) is 9.59 Å². The van der Waals surface area contributed by atoms with Gasteiger partial charge in [-0.15, -0.1) is 0 Å². The van der Waals surface area contributed by atoms with Gasteiger partial charge in [-0.2, -0.15) is 0 Å². The lowest BCUT2D eigenvalue weighted by molar-refractivity contribution is -0.153. The van der Waals surface area contributed by atoms with Crippen LogP contribution in [0.3, 0.4) is 0 Å². The molecule has 0 saturated heterocycles. The molecule has 0 amide bonds. The van der Waals surface area contributed by atoms with E-state index in [-0.39, 0.29) is 35.7 Å². The fourth-order valence-electron chi connectivity index (χ4n) is 7.02. The highest BCUT2D eigenvalue weighted by Crippen LogP contribution is 2.67. The van der Waals surface area contributed by atoms with Crippen LogP contribution in [0.2, 0.25) is 0 Å². The number of aliphatic hydroxyl groups excluding tert-OH is 2. The molecule has 8 atom stereocenters. The second kappa shape index (κ2) is 5.49. The molecule has 5 nitrogen and oxygen atoms in total. The zero-order chi connectivity index (χ0) is 19.1. The molecule has 0 radical (unpaired) electrons. The maximum atomic E-state index is 12.9. The lowest BCUT2D eigenvalue weighted by Gasteiger charge is -2.59. The minimum Gasteiger partial charge on any atom is -0.390 e. The normalized spacial score (nSPS) is 53.4. The lowest BCUT2D eigenvalue weighted by Crippen LogP contribution is -2.60. The van der Waals surface area contributed by atoms with Crippen LogP contribution in [0.25, 0.3) is 0 Å². The van der Waals surface area contributed by atoms with Gasteiger partial charge in [-0.25, -0.2) is 0 Å². The quantitative estimate of drug-likeness (QED) is 0.661. The number of aliphatic hydroxyl groups is 3. The van der Waals surface area contributed by atoms with Crippen molar-refractivity contribution < 1.29 is 24.9 Å². The van der Waals surface area contributed by atoms with Gasteiger partial charge in [0.15, 0.2) is 5.78 Å². The van der Waals surface area contributed by atoms with E-state index in [0.717, 1.165) is 18.4 Å². The van der Waals surface area contributed by atoms with Crippen LogP contribution in [0.4, 0.5) is 0 Å². The number of allylic oxidation sites excluding steroid dienone is 1. The predicted molar refractivity (Wildman–Crippen MR) is 95.1 cm³/mol. The Balaban J connectivity index is 1.80. The molecule has 0 aliphatic heterocycles. The van der Waals surface area contributed by atoms with Crippen molar-refractivity contribution >= 4 is 11.6 Å². The Kier molecular flexibility index (Phi) is 3.87. The summed E-state index contributed by atoms with van der Waals surface area (Å²) in [5, 5.41) is 32.1. The summed E-state index contributed by atoms with van der Waals surface area (Å²) >= 11 is 0. The third-order valence-corrected chi connectivity index (χ3v) is 8.61. The molecule has 0 bridgehead atoms. The van der Waals surface area contributed by atoms with Gasteiger partial charge in [0, 0.05) is 17.3 Å². The summed E-state index contributed by atoms with van der Waals surface area (Å²) < 4.78 is 0. The van der Waals surface area contributed by atoms with Gasteiger partial charge in [0.2, 0.25) is 0 Å². The van der Waals surface area contributed by atoms with E-state index in [4.69, 9.17) is 0 Å². The van der Waals surface area contributed by atoms with Crippen LogP contribution >= 0.6 is 0 Å². The summed E-state index contributed by atoms with van der Waals surface area (Å²) in [5.74, 6) is -0.406. The molecule has 0 aromatic carbocycles. The van der Waals surface area contributed by atoms with Crippen LogP contribution in [0, 0.1) is 28.6 Å². The van der Waals surface area contributed by atoms with Crippen molar-refractivity contribution in [1.82, 2.24) is 0 Å². The Morgan fingerprint density at radius 3 is 2.46 bits per heavy atom. The first-order valence-electron chi connectivity index (χ1n) is 9.89. The van der Waals surface area contributed by atoms with E-state index < -0.39 is 28.6 Å². The molecule has 3 N–H and O–H groups in total. The van der Waals surface area contributed by atoms with Gasteiger partial charge in [-0.05, 0) is 68.4 Å². The molecule has 0 unspecified atom stereocenters. The van der Waals surface area contributed by atoms with Crippen LogP contribution in [0.1, 0.15) is 59.3 Å². The molecule has 4 rings (SSSR count). The Labute approximate surface area is 154 Å². The highest BCUT2D eigenvalue weighted by Gasteiger charge is 2.67. The van der Waals surface area contributed by atoms with Crippen molar-refractivity contribution in [3.05, 3.63) is 11.6 Å². The Hall–Kier alpha value is -1.04. The maximum absolute atomic E-state index is 12.9. The molecular weight excluding hydrogens is 332 g/mol. The van der Waals surface area contributed by atoms with E-state index in [1.54, 1.807) is 13.0 Å². The number of fused-ring (bicyclic) bond motifs is 5. The summed E-state index contributed by atoms with van der Waals surface area (Å²) in [4.78, 5) is 25.1. The summed E-state index contributed by atoms with van der Waals surface area (Å²) in [5.41, 5.74) is -1.33. The van der Waals surface area contributed by atoms with Crippen molar-refractivity contribution in [1.29, 1.82) is 0 Å². The van der Waals surface area contributed by atoms with Gasteiger partial charge in [0.1, 0.15) is 5.78 Å². The van der Waals surface area contributed by atoms with Gasteiger partial charge < -0.3 is 15.3 Å². The minimum atomic E-state index is -1.13. The average Bonchev–Trinajstić information content (AvgIpc) is 2.83. The highest BCUT2D eigenvalue weighted by molar-refractivity contribution is 5.95. The summed E-state index contributed by atoms with van der Waals surface area (Å²) in [7, 11) is 0. The molecule has 5 heteroatoms. The highest BCUT2D eigenvalue weighted by atomic mass is 16.3. The molecule has 144 valence electrons. The van der Waals surface area contributed by atoms with Crippen LogP contribution in [0.15, 0.2) is 11.6 Å². The number of Topliss-reactive ketones (excluding diaryl/α,β-unsaturated/α-hetero) is 1. The van der Waals surface area contributed by atoms with Gasteiger partial charge in [-0.3, -0.25) is 9.59 Å². The minimum absolute atomic E-state index is 0.0103. The number of hydrogen-bond donors (Lipinski definition) is 3. The summed E-state index contributed by atoms with van der Waals surface area (Å²) in [6.45, 7) is 5.64. The van der Waals surface area contributed by atoms with Crippen molar-refractivity contribution in [3.8, 4) is 0 Å². The van der Waals surface area contributed by atoms with Crippen LogP contribution < -0.4 is 0 Å². The van der Waals surface area contributed by atoms with Gasteiger partial charge in [-0.1, -0.05) is 13.8 Å². The maximum Gasteiger partial charge on any atom is 0.159 e. The second-order valence-corrected chi connectivity index (χ2v) is 9.71. The van der Waals surface area contributed by atoms with Crippen LogP contribution in [0.5, 0.6) is 0 Å². The van der Waals surface area contributed by atoms with E-state index in [1.807, 2.05) is 13.8 Å². The zero-order valence-corrected chi connectivity index (χ0v) is 15.9. The van der Waals surface area contributed by atoms with E-state index >= 15 is 0 Å². The topological polar surface area (TPSA) is 94.8 Å². The molecular formula is C21H30O5. The Bertz CT molecular complexity index is 699. The molecule has 0 heterocycles. The number of hydrogen-bond acceptors (Lipinski definition) is 5. The number of carbonyl (C=O) groups is 2. The first kappa shape index (κ1) is 18.3. The number of rotatable bonds is 1. The van der Waals surface area contributed by atoms with Crippen molar-refractivity contribution in [2.75, 3.05) is 0 Å². The molecule has 4 aliphatic carbocycles. The smallest absolute Gasteiger partial charge is 0.159 e.